The molecule has 0 N–H and O–H groups in total. The second-order valence-electron chi connectivity index (χ2n) is 10.0. The van der Waals surface area contributed by atoms with Crippen molar-refractivity contribution in [3.05, 3.63) is 102 Å². The second kappa shape index (κ2) is 13.2. The van der Waals surface area contributed by atoms with Crippen LogP contribution in [-0.4, -0.2) is 60.9 Å². The maximum absolute atomic E-state index is 13.5. The number of carbonyl (C=O) groups is 1. The normalized spacial score (nSPS) is 14.6. The third-order valence-corrected chi connectivity index (χ3v) is 6.83. The van der Waals surface area contributed by atoms with Crippen molar-refractivity contribution < 1.29 is 9.53 Å². The lowest BCUT2D eigenvalue weighted by Crippen LogP contribution is -2.44. The van der Waals surface area contributed by atoms with E-state index in [2.05, 4.69) is 71.3 Å². The van der Waals surface area contributed by atoms with Crippen molar-refractivity contribution in [1.82, 2.24) is 14.7 Å². The average Bonchev–Trinajstić information content (AvgIpc) is 2.91. The van der Waals surface area contributed by atoms with Gasteiger partial charge in [-0.3, -0.25) is 9.69 Å². The fourth-order valence-corrected chi connectivity index (χ4v) is 4.72. The average molecular weight is 486 g/mol. The molecule has 1 fully saturated rings. The molecule has 0 aliphatic carbocycles. The molecular formula is C31H39N3O2. The Bertz CT molecular complexity index is 1060. The van der Waals surface area contributed by atoms with E-state index in [1.165, 1.54) is 16.7 Å². The van der Waals surface area contributed by atoms with Crippen LogP contribution in [-0.2, 0) is 24.5 Å². The van der Waals surface area contributed by atoms with Crippen LogP contribution in [0.1, 0.15) is 29.5 Å². The number of amides is 1. The first-order valence-electron chi connectivity index (χ1n) is 13.0. The minimum atomic E-state index is 0.104. The van der Waals surface area contributed by atoms with Crippen LogP contribution in [0, 0.1) is 5.92 Å². The Morgan fingerprint density at radius 2 is 1.47 bits per heavy atom. The lowest BCUT2D eigenvalue weighted by atomic mass is 9.94. The number of likely N-dealkylation sites (tertiary alicyclic amines) is 1. The quantitative estimate of drug-likeness (QED) is 0.380. The minimum absolute atomic E-state index is 0.104. The minimum Gasteiger partial charge on any atom is -0.489 e. The molecule has 3 aromatic carbocycles. The van der Waals surface area contributed by atoms with E-state index in [4.69, 9.17) is 4.74 Å². The van der Waals surface area contributed by atoms with Gasteiger partial charge >= 0.3 is 0 Å². The van der Waals surface area contributed by atoms with Gasteiger partial charge in [0.15, 0.2) is 0 Å². The van der Waals surface area contributed by atoms with Gasteiger partial charge in [0.1, 0.15) is 12.4 Å². The summed E-state index contributed by atoms with van der Waals surface area (Å²) in [6, 6.07) is 29.0. The Balaban J connectivity index is 1.29. The van der Waals surface area contributed by atoms with Crippen molar-refractivity contribution in [3.63, 3.8) is 0 Å². The highest BCUT2D eigenvalue weighted by atomic mass is 16.5. The van der Waals surface area contributed by atoms with Crippen LogP contribution in [0.2, 0.25) is 0 Å². The standard InChI is InChI=1S/C31H39N3O2/c1-32(2)20-21-34(24-26-10-5-3-6-11-26)31(35)29-16-18-33(19-17-29)23-28-14-9-15-30(22-28)36-25-27-12-7-4-8-13-27/h3-15,22,29H,16-21,23-25H2,1-2H3. The summed E-state index contributed by atoms with van der Waals surface area (Å²) in [4.78, 5) is 20.1. The van der Waals surface area contributed by atoms with Crippen LogP contribution in [0.4, 0.5) is 0 Å². The van der Waals surface area contributed by atoms with Gasteiger partial charge in [-0.1, -0.05) is 72.8 Å². The van der Waals surface area contributed by atoms with Crippen molar-refractivity contribution in [2.75, 3.05) is 40.3 Å². The molecule has 1 heterocycles. The summed E-state index contributed by atoms with van der Waals surface area (Å²) < 4.78 is 6.01. The summed E-state index contributed by atoms with van der Waals surface area (Å²) >= 11 is 0. The van der Waals surface area contributed by atoms with Gasteiger partial charge in [-0.2, -0.15) is 0 Å². The van der Waals surface area contributed by atoms with Gasteiger partial charge < -0.3 is 14.5 Å². The number of hydrogen-bond donors (Lipinski definition) is 0. The third-order valence-electron chi connectivity index (χ3n) is 6.83. The van der Waals surface area contributed by atoms with Gasteiger partial charge in [0, 0.05) is 32.1 Å². The van der Waals surface area contributed by atoms with Crippen LogP contribution in [0.15, 0.2) is 84.9 Å². The molecule has 0 radical (unpaired) electrons. The van der Waals surface area contributed by atoms with Crippen molar-refractivity contribution >= 4 is 5.91 Å². The first-order valence-corrected chi connectivity index (χ1v) is 13.0. The van der Waals surface area contributed by atoms with E-state index in [1.807, 2.05) is 42.5 Å². The molecule has 0 unspecified atom stereocenters. The van der Waals surface area contributed by atoms with E-state index in [-0.39, 0.29) is 5.92 Å². The van der Waals surface area contributed by atoms with E-state index in [1.54, 1.807) is 0 Å². The zero-order valence-corrected chi connectivity index (χ0v) is 21.7. The molecule has 190 valence electrons. The van der Waals surface area contributed by atoms with Crippen LogP contribution in [0.3, 0.4) is 0 Å². The Morgan fingerprint density at radius 1 is 0.833 bits per heavy atom. The molecular weight excluding hydrogens is 446 g/mol. The van der Waals surface area contributed by atoms with Gasteiger partial charge in [0.2, 0.25) is 5.91 Å². The number of likely N-dealkylation sites (N-methyl/N-ethyl adjacent to an activating group) is 1. The van der Waals surface area contributed by atoms with E-state index in [9.17, 15) is 4.79 Å². The maximum atomic E-state index is 13.5. The Kier molecular flexibility index (Phi) is 9.54. The lowest BCUT2D eigenvalue weighted by Gasteiger charge is -2.34. The zero-order chi connectivity index (χ0) is 25.2. The molecule has 0 spiro atoms. The number of rotatable bonds is 11. The smallest absolute Gasteiger partial charge is 0.226 e. The van der Waals surface area contributed by atoms with E-state index in [0.29, 0.717) is 19.1 Å². The highest BCUT2D eigenvalue weighted by Gasteiger charge is 2.28. The summed E-state index contributed by atoms with van der Waals surface area (Å²) in [5.74, 6) is 1.31. The fraction of sp³-hybridized carbons (Fsp3) is 0.387. The highest BCUT2D eigenvalue weighted by molar-refractivity contribution is 5.79. The summed E-state index contributed by atoms with van der Waals surface area (Å²) in [6.07, 6.45) is 1.83. The van der Waals surface area contributed by atoms with Crippen LogP contribution in [0.25, 0.3) is 0 Å². The molecule has 0 atom stereocenters. The zero-order valence-electron chi connectivity index (χ0n) is 21.7. The SMILES string of the molecule is CN(C)CCN(Cc1ccccc1)C(=O)C1CCN(Cc2cccc(OCc3ccccc3)c2)CC1. The molecule has 5 heteroatoms. The van der Waals surface area contributed by atoms with E-state index in [0.717, 1.165) is 51.3 Å². The van der Waals surface area contributed by atoms with Gasteiger partial charge in [-0.25, -0.2) is 0 Å². The molecule has 4 rings (SSSR count). The fourth-order valence-electron chi connectivity index (χ4n) is 4.72. The highest BCUT2D eigenvalue weighted by Crippen LogP contribution is 2.23. The van der Waals surface area contributed by atoms with Gasteiger partial charge in [0.05, 0.1) is 0 Å². The summed E-state index contributed by atoms with van der Waals surface area (Å²) in [5, 5.41) is 0. The molecule has 5 nitrogen and oxygen atoms in total. The third kappa shape index (κ3) is 7.94. The first-order chi connectivity index (χ1) is 17.6. The van der Waals surface area contributed by atoms with Crippen LogP contribution < -0.4 is 4.74 Å². The second-order valence-corrected chi connectivity index (χ2v) is 10.0. The van der Waals surface area contributed by atoms with Gasteiger partial charge in [0.25, 0.3) is 0 Å². The Morgan fingerprint density at radius 3 is 2.14 bits per heavy atom. The predicted molar refractivity (Wildman–Crippen MR) is 146 cm³/mol. The first kappa shape index (κ1) is 25.9. The Labute approximate surface area is 216 Å². The number of carbonyl (C=O) groups excluding carboxylic acids is 1. The van der Waals surface area contributed by atoms with E-state index < -0.39 is 0 Å². The summed E-state index contributed by atoms with van der Waals surface area (Å²) in [6.45, 7) is 5.67. The van der Waals surface area contributed by atoms with Gasteiger partial charge in [-0.05, 0) is 68.8 Å². The van der Waals surface area contributed by atoms with Crippen molar-refractivity contribution in [2.45, 2.75) is 32.5 Å². The molecule has 3 aromatic rings. The molecule has 1 saturated heterocycles. The number of nitrogens with zero attached hydrogens (tertiary/aromatic N) is 3. The molecule has 0 bridgehead atoms. The molecule has 1 amide bonds. The topological polar surface area (TPSA) is 36.0 Å². The number of benzene rings is 3. The lowest BCUT2D eigenvalue weighted by molar-refractivity contribution is -0.138. The maximum Gasteiger partial charge on any atom is 0.226 e. The summed E-state index contributed by atoms with van der Waals surface area (Å²) in [5.41, 5.74) is 3.61. The van der Waals surface area contributed by atoms with Crippen LogP contribution in [0.5, 0.6) is 5.75 Å². The number of piperidine rings is 1. The molecule has 0 saturated carbocycles. The number of hydrogen-bond acceptors (Lipinski definition) is 4. The van der Waals surface area contributed by atoms with Crippen molar-refractivity contribution in [3.8, 4) is 5.75 Å². The predicted octanol–water partition coefficient (Wildman–Crippen LogP) is 5.07. The van der Waals surface area contributed by atoms with Crippen molar-refractivity contribution in [1.29, 1.82) is 0 Å². The van der Waals surface area contributed by atoms with Gasteiger partial charge in [-0.15, -0.1) is 0 Å². The van der Waals surface area contributed by atoms with Crippen LogP contribution >= 0.6 is 0 Å². The molecule has 1 aliphatic rings. The van der Waals surface area contributed by atoms with E-state index >= 15 is 0 Å². The van der Waals surface area contributed by atoms with Crippen molar-refractivity contribution in [2.24, 2.45) is 5.92 Å². The number of ether oxygens (including phenoxy) is 1. The Hall–Kier alpha value is -3.15. The molecule has 0 aromatic heterocycles. The molecule has 1 aliphatic heterocycles. The monoisotopic (exact) mass is 485 g/mol. The molecule has 36 heavy (non-hydrogen) atoms. The summed E-state index contributed by atoms with van der Waals surface area (Å²) in [7, 11) is 4.12. The largest absolute Gasteiger partial charge is 0.489 e.